The highest BCUT2D eigenvalue weighted by molar-refractivity contribution is 5.95. The van der Waals surface area contributed by atoms with Gasteiger partial charge in [-0.3, -0.25) is 4.79 Å². The number of nitrogens with zero attached hydrogens (tertiary/aromatic N) is 2. The van der Waals surface area contributed by atoms with Gasteiger partial charge >= 0.3 is 12.8 Å². The molecule has 6 nitrogen and oxygen atoms in total. The Hall–Kier alpha value is -2.96. The van der Waals surface area contributed by atoms with Crippen molar-refractivity contribution in [3.63, 3.8) is 0 Å². The molecule has 13 heteroatoms. The number of hydrogen-bond donors (Lipinski definition) is 1. The van der Waals surface area contributed by atoms with Crippen LogP contribution in [0.1, 0.15) is 25.3 Å². The molecule has 2 heterocycles. The minimum absolute atomic E-state index is 0.0648. The van der Waals surface area contributed by atoms with Gasteiger partial charge in [0.1, 0.15) is 6.10 Å². The fourth-order valence-electron chi connectivity index (χ4n) is 3.62. The van der Waals surface area contributed by atoms with Gasteiger partial charge in [0.2, 0.25) is 5.82 Å². The number of hydrogen-bond acceptors (Lipinski definition) is 5. The van der Waals surface area contributed by atoms with E-state index in [4.69, 9.17) is 4.74 Å². The van der Waals surface area contributed by atoms with Gasteiger partial charge in [-0.15, -0.1) is 0 Å². The van der Waals surface area contributed by atoms with Crippen molar-refractivity contribution in [1.82, 2.24) is 10.2 Å². The Morgan fingerprint density at radius 3 is 2.47 bits per heavy atom. The van der Waals surface area contributed by atoms with Gasteiger partial charge in [0.05, 0.1) is 18.1 Å². The average molecular weight is 467 g/mol. The molecule has 174 valence electrons. The molecule has 0 unspecified atom stereocenters. The molecule has 32 heavy (non-hydrogen) atoms. The Bertz CT molecular complexity index is 990. The maximum Gasteiger partial charge on any atom is 0.417 e. The van der Waals surface area contributed by atoms with Gasteiger partial charge in [0.15, 0.2) is 17.2 Å². The minimum Gasteiger partial charge on any atom is -0.431 e. The van der Waals surface area contributed by atoms with Crippen molar-refractivity contribution >= 4 is 11.6 Å². The average Bonchev–Trinajstić information content (AvgIpc) is 2.99. The molecule has 1 N–H and O–H groups in total. The SMILES string of the molecule is C[C@@H]1[C@H](c2ccc(F)c(F)c2OC(F)F)[C@@H](C(=O)Nc2ccnnc2)O[C@]1(C)C(F)(F)F. The molecule has 1 amide bonds. The van der Waals surface area contributed by atoms with Crippen LogP contribution < -0.4 is 10.1 Å². The summed E-state index contributed by atoms with van der Waals surface area (Å²) >= 11 is 0. The zero-order valence-electron chi connectivity index (χ0n) is 16.5. The number of carbonyl (C=O) groups is 1. The molecule has 0 bridgehead atoms. The fourth-order valence-corrected chi connectivity index (χ4v) is 3.62. The van der Waals surface area contributed by atoms with Crippen molar-refractivity contribution in [2.24, 2.45) is 5.92 Å². The van der Waals surface area contributed by atoms with Gasteiger partial charge in [-0.2, -0.15) is 36.5 Å². The van der Waals surface area contributed by atoms with Crippen LogP contribution in [0.4, 0.5) is 36.4 Å². The maximum absolute atomic E-state index is 14.3. The lowest BCUT2D eigenvalue weighted by molar-refractivity contribution is -0.272. The third kappa shape index (κ3) is 4.20. The summed E-state index contributed by atoms with van der Waals surface area (Å²) in [6.07, 6.45) is -4.60. The first-order valence-electron chi connectivity index (χ1n) is 9.11. The predicted octanol–water partition coefficient (Wildman–Crippen LogP) is 4.43. The largest absolute Gasteiger partial charge is 0.431 e. The lowest BCUT2D eigenvalue weighted by Gasteiger charge is -2.32. The van der Waals surface area contributed by atoms with Crippen LogP contribution in [0.5, 0.6) is 5.75 Å². The molecule has 1 fully saturated rings. The van der Waals surface area contributed by atoms with E-state index in [1.165, 1.54) is 12.3 Å². The Labute approximate surface area is 176 Å². The number of halogens is 7. The molecule has 0 saturated carbocycles. The first-order valence-corrected chi connectivity index (χ1v) is 9.11. The maximum atomic E-state index is 14.3. The van der Waals surface area contributed by atoms with E-state index >= 15 is 0 Å². The molecule has 2 aromatic rings. The Balaban J connectivity index is 2.11. The Kier molecular flexibility index (Phi) is 6.31. The molecule has 1 aromatic heterocycles. The van der Waals surface area contributed by atoms with Crippen molar-refractivity contribution < 1.29 is 45.0 Å². The predicted molar refractivity (Wildman–Crippen MR) is 94.9 cm³/mol. The number of anilines is 1. The fraction of sp³-hybridized carbons (Fsp3) is 0.421. The van der Waals surface area contributed by atoms with Gasteiger partial charge in [-0.25, -0.2) is 4.39 Å². The second-order valence-corrected chi connectivity index (χ2v) is 7.24. The number of alkyl halides is 5. The van der Waals surface area contributed by atoms with E-state index in [0.29, 0.717) is 13.0 Å². The standard InChI is InChI=1S/C19H16F7N3O3/c1-8-12(10-3-4-11(20)13(21)14(10)31-17(22)23)15(32-18(8,2)19(24,25)26)16(30)29-9-5-6-27-28-7-9/h3-8,12,15,17H,1-2H3,(H,27,29,30)/t8-,12-,15+,18+/m1/s1. The van der Waals surface area contributed by atoms with Crippen LogP contribution in [-0.4, -0.2) is 40.6 Å². The lowest BCUT2D eigenvalue weighted by Crippen LogP contribution is -2.47. The summed E-state index contributed by atoms with van der Waals surface area (Å²) < 4.78 is 104. The summed E-state index contributed by atoms with van der Waals surface area (Å²) in [5, 5.41) is 9.29. The van der Waals surface area contributed by atoms with Crippen LogP contribution in [0.2, 0.25) is 0 Å². The van der Waals surface area contributed by atoms with Crippen molar-refractivity contribution in [3.8, 4) is 5.75 Å². The molecule has 1 saturated heterocycles. The molecule has 3 rings (SSSR count). The van der Waals surface area contributed by atoms with Crippen LogP contribution >= 0.6 is 0 Å². The third-order valence-corrected chi connectivity index (χ3v) is 5.43. The van der Waals surface area contributed by atoms with Gasteiger partial charge in [-0.05, 0) is 19.1 Å². The highest BCUT2D eigenvalue weighted by atomic mass is 19.4. The van der Waals surface area contributed by atoms with E-state index in [9.17, 15) is 35.5 Å². The van der Waals surface area contributed by atoms with Crippen LogP contribution in [-0.2, 0) is 9.53 Å². The second-order valence-electron chi connectivity index (χ2n) is 7.24. The molecule has 1 aliphatic heterocycles. The van der Waals surface area contributed by atoms with Crippen LogP contribution in [0.15, 0.2) is 30.6 Å². The highest BCUT2D eigenvalue weighted by Crippen LogP contribution is 2.55. The molecule has 1 aromatic carbocycles. The van der Waals surface area contributed by atoms with Crippen molar-refractivity contribution in [3.05, 3.63) is 47.8 Å². The number of rotatable bonds is 5. The van der Waals surface area contributed by atoms with Crippen molar-refractivity contribution in [1.29, 1.82) is 0 Å². The summed E-state index contributed by atoms with van der Waals surface area (Å²) in [5.41, 5.74) is -3.42. The molecule has 0 radical (unpaired) electrons. The van der Waals surface area contributed by atoms with Crippen molar-refractivity contribution in [2.75, 3.05) is 5.32 Å². The number of amides is 1. The lowest BCUT2D eigenvalue weighted by atomic mass is 9.77. The number of nitrogens with one attached hydrogen (secondary N) is 1. The quantitative estimate of drug-likeness (QED) is 0.659. The number of ether oxygens (including phenoxy) is 2. The molecular weight excluding hydrogens is 451 g/mol. The van der Waals surface area contributed by atoms with E-state index in [2.05, 4.69) is 20.3 Å². The number of carbonyl (C=O) groups excluding carboxylic acids is 1. The van der Waals surface area contributed by atoms with Crippen LogP contribution in [0.3, 0.4) is 0 Å². The van der Waals surface area contributed by atoms with E-state index in [0.717, 1.165) is 19.2 Å². The van der Waals surface area contributed by atoms with Crippen LogP contribution in [0, 0.1) is 17.6 Å². The summed E-state index contributed by atoms with van der Waals surface area (Å²) in [6.45, 7) is -1.86. The van der Waals surface area contributed by atoms with Gasteiger partial charge in [-0.1, -0.05) is 13.0 Å². The smallest absolute Gasteiger partial charge is 0.417 e. The first kappa shape index (κ1) is 23.7. The van der Waals surface area contributed by atoms with Gasteiger partial charge < -0.3 is 14.8 Å². The highest BCUT2D eigenvalue weighted by Gasteiger charge is 2.66. The molecular formula is C19H16F7N3O3. The number of benzene rings is 1. The summed E-state index contributed by atoms with van der Waals surface area (Å²) in [7, 11) is 0. The number of aromatic nitrogens is 2. The Morgan fingerprint density at radius 2 is 1.91 bits per heavy atom. The topological polar surface area (TPSA) is 73.3 Å². The zero-order valence-corrected chi connectivity index (χ0v) is 16.5. The monoisotopic (exact) mass is 467 g/mol. The molecule has 0 aliphatic carbocycles. The van der Waals surface area contributed by atoms with Crippen LogP contribution in [0.25, 0.3) is 0 Å². The normalized spacial score (nSPS) is 25.8. The summed E-state index contributed by atoms with van der Waals surface area (Å²) in [4.78, 5) is 12.8. The van der Waals surface area contributed by atoms with Crippen molar-refractivity contribution in [2.45, 2.75) is 44.3 Å². The minimum atomic E-state index is -4.99. The van der Waals surface area contributed by atoms with E-state index in [-0.39, 0.29) is 5.69 Å². The zero-order chi connectivity index (χ0) is 23.8. The first-order chi connectivity index (χ1) is 14.9. The molecule has 1 aliphatic rings. The van der Waals surface area contributed by atoms with Gasteiger partial charge in [0.25, 0.3) is 5.91 Å². The van der Waals surface area contributed by atoms with Gasteiger partial charge in [0, 0.05) is 17.4 Å². The molecule has 4 atom stereocenters. The summed E-state index contributed by atoms with van der Waals surface area (Å²) in [6, 6.07) is 2.63. The summed E-state index contributed by atoms with van der Waals surface area (Å²) in [5.74, 6) is -8.98. The van der Waals surface area contributed by atoms with E-state index < -0.39 is 65.2 Å². The molecule has 0 spiro atoms. The van der Waals surface area contributed by atoms with E-state index in [1.807, 2.05) is 0 Å². The third-order valence-electron chi connectivity index (χ3n) is 5.43. The second kappa shape index (κ2) is 8.52. The van der Waals surface area contributed by atoms with E-state index in [1.54, 1.807) is 0 Å². The Morgan fingerprint density at radius 1 is 1.22 bits per heavy atom.